The third kappa shape index (κ3) is 4.60. The highest BCUT2D eigenvalue weighted by Crippen LogP contribution is 2.17. The van der Waals surface area contributed by atoms with Crippen LogP contribution in [0.4, 0.5) is 0 Å². The number of rotatable bonds is 4. The van der Waals surface area contributed by atoms with Gasteiger partial charge in [-0.25, -0.2) is 0 Å². The second-order valence-electron chi connectivity index (χ2n) is 3.77. The molecule has 1 aliphatic rings. The predicted molar refractivity (Wildman–Crippen MR) is 50.4 cm³/mol. The molecule has 0 amide bonds. The Balaban J connectivity index is 2.06. The summed E-state index contributed by atoms with van der Waals surface area (Å²) in [4.78, 5) is 0. The topological polar surface area (TPSA) is 38.7 Å². The largest absolute Gasteiger partial charge is 0.393 e. The van der Waals surface area contributed by atoms with Crippen molar-refractivity contribution >= 4 is 0 Å². The van der Waals surface area contributed by atoms with Gasteiger partial charge in [-0.05, 0) is 39.5 Å². The van der Waals surface area contributed by atoms with Crippen molar-refractivity contribution in [2.24, 2.45) is 0 Å². The molecule has 0 aromatic heterocycles. The van der Waals surface area contributed by atoms with Crippen LogP contribution in [0.25, 0.3) is 0 Å². The Labute approximate surface area is 80.0 Å². The van der Waals surface area contributed by atoms with Crippen LogP contribution >= 0.6 is 0 Å². The van der Waals surface area contributed by atoms with Crippen LogP contribution in [0.2, 0.25) is 0 Å². The van der Waals surface area contributed by atoms with Crippen molar-refractivity contribution in [2.45, 2.75) is 58.0 Å². The molecule has 1 saturated heterocycles. The van der Waals surface area contributed by atoms with Gasteiger partial charge in [0, 0.05) is 0 Å². The molecule has 0 spiro atoms. The zero-order valence-corrected chi connectivity index (χ0v) is 8.53. The average molecular weight is 188 g/mol. The third-order valence-electron chi connectivity index (χ3n) is 2.32. The molecule has 3 nitrogen and oxygen atoms in total. The summed E-state index contributed by atoms with van der Waals surface area (Å²) in [5.41, 5.74) is 0. The Kier molecular flexibility index (Phi) is 4.70. The van der Waals surface area contributed by atoms with Gasteiger partial charge in [0.25, 0.3) is 0 Å². The number of ether oxygens (including phenoxy) is 2. The van der Waals surface area contributed by atoms with Gasteiger partial charge in [-0.15, -0.1) is 0 Å². The molecule has 78 valence electrons. The molecule has 0 saturated carbocycles. The molecule has 0 aromatic carbocycles. The fraction of sp³-hybridized carbons (Fsp3) is 1.00. The SMILES string of the molecule is CC(O)CCC[C@@H]1CCO[C@@H](C)O1. The molecular weight excluding hydrogens is 168 g/mol. The lowest BCUT2D eigenvalue weighted by Crippen LogP contribution is -2.30. The summed E-state index contributed by atoms with van der Waals surface area (Å²) >= 11 is 0. The van der Waals surface area contributed by atoms with Gasteiger partial charge in [0.05, 0.1) is 18.8 Å². The lowest BCUT2D eigenvalue weighted by molar-refractivity contribution is -0.203. The second kappa shape index (κ2) is 5.58. The zero-order valence-electron chi connectivity index (χ0n) is 8.53. The van der Waals surface area contributed by atoms with Crippen molar-refractivity contribution < 1.29 is 14.6 Å². The molecule has 1 unspecified atom stereocenters. The summed E-state index contributed by atoms with van der Waals surface area (Å²) in [5, 5.41) is 9.07. The molecule has 3 atom stereocenters. The monoisotopic (exact) mass is 188 g/mol. The minimum atomic E-state index is -0.183. The molecule has 0 radical (unpaired) electrons. The van der Waals surface area contributed by atoms with E-state index < -0.39 is 0 Å². The normalized spacial score (nSPS) is 31.6. The lowest BCUT2D eigenvalue weighted by atomic mass is 10.1. The van der Waals surface area contributed by atoms with E-state index in [2.05, 4.69) is 0 Å². The second-order valence-corrected chi connectivity index (χ2v) is 3.77. The Bertz CT molecular complexity index is 136. The minimum Gasteiger partial charge on any atom is -0.393 e. The van der Waals surface area contributed by atoms with E-state index in [1.165, 1.54) is 0 Å². The summed E-state index contributed by atoms with van der Waals surface area (Å²) in [5.74, 6) is 0. The molecule has 1 fully saturated rings. The van der Waals surface area contributed by atoms with Gasteiger partial charge in [-0.1, -0.05) is 0 Å². The molecular formula is C10H20O3. The van der Waals surface area contributed by atoms with Crippen LogP contribution in [0.5, 0.6) is 0 Å². The first-order chi connectivity index (χ1) is 6.18. The molecule has 0 aliphatic carbocycles. The first-order valence-electron chi connectivity index (χ1n) is 5.13. The molecule has 1 aliphatic heterocycles. The Morgan fingerprint density at radius 1 is 1.54 bits per heavy atom. The molecule has 1 heterocycles. The van der Waals surface area contributed by atoms with Gasteiger partial charge < -0.3 is 14.6 Å². The van der Waals surface area contributed by atoms with E-state index in [1.54, 1.807) is 0 Å². The van der Waals surface area contributed by atoms with E-state index in [-0.39, 0.29) is 12.4 Å². The number of hydrogen-bond acceptors (Lipinski definition) is 3. The van der Waals surface area contributed by atoms with Gasteiger partial charge in [0.2, 0.25) is 0 Å². The Hall–Kier alpha value is -0.120. The van der Waals surface area contributed by atoms with Crippen LogP contribution in [0, 0.1) is 0 Å². The van der Waals surface area contributed by atoms with Crippen LogP contribution in [0.15, 0.2) is 0 Å². The van der Waals surface area contributed by atoms with Crippen molar-refractivity contribution in [3.8, 4) is 0 Å². The van der Waals surface area contributed by atoms with E-state index in [4.69, 9.17) is 14.6 Å². The van der Waals surface area contributed by atoms with E-state index in [0.717, 1.165) is 32.3 Å². The first-order valence-corrected chi connectivity index (χ1v) is 5.13. The highest BCUT2D eigenvalue weighted by Gasteiger charge is 2.18. The molecule has 13 heavy (non-hydrogen) atoms. The molecule has 0 bridgehead atoms. The van der Waals surface area contributed by atoms with E-state index in [1.807, 2.05) is 13.8 Å². The average Bonchev–Trinajstić information content (AvgIpc) is 2.03. The van der Waals surface area contributed by atoms with Gasteiger partial charge in [0.1, 0.15) is 0 Å². The van der Waals surface area contributed by atoms with Gasteiger partial charge in [-0.3, -0.25) is 0 Å². The number of aliphatic hydroxyl groups excluding tert-OH is 1. The quantitative estimate of drug-likeness (QED) is 0.729. The van der Waals surface area contributed by atoms with Crippen molar-refractivity contribution in [2.75, 3.05) is 6.61 Å². The number of aliphatic hydroxyl groups is 1. The van der Waals surface area contributed by atoms with E-state index >= 15 is 0 Å². The molecule has 3 heteroatoms. The zero-order chi connectivity index (χ0) is 9.68. The van der Waals surface area contributed by atoms with Crippen LogP contribution in [-0.4, -0.2) is 30.2 Å². The van der Waals surface area contributed by atoms with E-state index in [0.29, 0.717) is 6.10 Å². The molecule has 0 aromatic rings. The maximum absolute atomic E-state index is 9.07. The van der Waals surface area contributed by atoms with Crippen molar-refractivity contribution in [1.29, 1.82) is 0 Å². The van der Waals surface area contributed by atoms with Crippen LogP contribution < -0.4 is 0 Å². The van der Waals surface area contributed by atoms with Crippen molar-refractivity contribution in [3.63, 3.8) is 0 Å². The van der Waals surface area contributed by atoms with Crippen LogP contribution in [0.3, 0.4) is 0 Å². The summed E-state index contributed by atoms with van der Waals surface area (Å²) in [7, 11) is 0. The minimum absolute atomic E-state index is 0.0506. The highest BCUT2D eigenvalue weighted by molar-refractivity contribution is 4.63. The van der Waals surface area contributed by atoms with Crippen LogP contribution in [0.1, 0.15) is 39.5 Å². The standard InChI is InChI=1S/C10H20O3/c1-8(11)4-3-5-10-6-7-12-9(2)13-10/h8-11H,3-7H2,1-2H3/t8?,9-,10-/m1/s1. The smallest absolute Gasteiger partial charge is 0.155 e. The van der Waals surface area contributed by atoms with Crippen molar-refractivity contribution in [1.82, 2.24) is 0 Å². The predicted octanol–water partition coefficient (Wildman–Crippen LogP) is 1.69. The maximum Gasteiger partial charge on any atom is 0.155 e. The van der Waals surface area contributed by atoms with Crippen LogP contribution in [-0.2, 0) is 9.47 Å². The summed E-state index contributed by atoms with van der Waals surface area (Å²) in [6.07, 6.45) is 4.04. The molecule has 1 rings (SSSR count). The van der Waals surface area contributed by atoms with Gasteiger partial charge in [-0.2, -0.15) is 0 Å². The third-order valence-corrected chi connectivity index (χ3v) is 2.32. The summed E-state index contributed by atoms with van der Waals surface area (Å²) in [6, 6.07) is 0. The Morgan fingerprint density at radius 3 is 2.92 bits per heavy atom. The fourth-order valence-electron chi connectivity index (χ4n) is 1.60. The van der Waals surface area contributed by atoms with Gasteiger partial charge >= 0.3 is 0 Å². The summed E-state index contributed by atoms with van der Waals surface area (Å²) < 4.78 is 10.8. The lowest BCUT2D eigenvalue weighted by Gasteiger charge is -2.28. The number of hydrogen-bond donors (Lipinski definition) is 1. The Morgan fingerprint density at radius 2 is 2.31 bits per heavy atom. The maximum atomic E-state index is 9.07. The highest BCUT2D eigenvalue weighted by atomic mass is 16.7. The van der Waals surface area contributed by atoms with Crippen molar-refractivity contribution in [3.05, 3.63) is 0 Å². The molecule has 1 N–H and O–H groups in total. The fourth-order valence-corrected chi connectivity index (χ4v) is 1.60. The first kappa shape index (κ1) is 11.0. The summed E-state index contributed by atoms with van der Waals surface area (Å²) in [6.45, 7) is 4.56. The van der Waals surface area contributed by atoms with E-state index in [9.17, 15) is 0 Å². The van der Waals surface area contributed by atoms with Gasteiger partial charge in [0.15, 0.2) is 6.29 Å².